The minimum Gasteiger partial charge on any atom is -0.507 e. The number of morpholine rings is 1. The molecule has 1 saturated heterocycles. The van der Waals surface area contributed by atoms with Gasteiger partial charge in [0.05, 0.1) is 18.8 Å². The van der Waals surface area contributed by atoms with E-state index in [1.807, 2.05) is 13.8 Å². The van der Waals surface area contributed by atoms with Crippen molar-refractivity contribution in [3.8, 4) is 34.3 Å². The summed E-state index contributed by atoms with van der Waals surface area (Å²) in [7, 11) is 0. The Morgan fingerprint density at radius 1 is 0.933 bits per heavy atom. The van der Waals surface area contributed by atoms with Gasteiger partial charge in [0.2, 0.25) is 0 Å². The Kier molecular flexibility index (Phi) is 5.05. The highest BCUT2D eigenvalue weighted by Crippen LogP contribution is 2.37. The van der Waals surface area contributed by atoms with Crippen LogP contribution in [-0.2, 0) is 11.3 Å². The first-order chi connectivity index (χ1) is 14.3. The van der Waals surface area contributed by atoms with E-state index < -0.39 is 5.43 Å². The molecule has 0 bridgehead atoms. The van der Waals surface area contributed by atoms with Crippen molar-refractivity contribution < 1.29 is 29.6 Å². The molecule has 4 rings (SSSR count). The summed E-state index contributed by atoms with van der Waals surface area (Å²) in [4.78, 5) is 14.9. The molecule has 1 fully saturated rings. The summed E-state index contributed by atoms with van der Waals surface area (Å²) in [6.07, 6.45) is 0. The molecule has 0 unspecified atom stereocenters. The molecule has 8 heteroatoms. The van der Waals surface area contributed by atoms with Gasteiger partial charge >= 0.3 is 0 Å². The van der Waals surface area contributed by atoms with E-state index >= 15 is 0 Å². The fraction of sp³-hybridized carbons (Fsp3) is 0.318. The number of rotatable bonds is 3. The zero-order valence-corrected chi connectivity index (χ0v) is 16.6. The van der Waals surface area contributed by atoms with E-state index in [0.717, 1.165) is 6.07 Å². The standard InChI is InChI=1S/C22H23NO7/c1-11-9-29-10-12(2)23(11)8-14-16(25)6-18(27)21-19(28)7-20(30-22(14)21)13-3-4-15(24)17(26)5-13/h3-7,11-12,24-27H,8-10H2,1-2H3/t11-,12+. The summed E-state index contributed by atoms with van der Waals surface area (Å²) in [6, 6.07) is 6.57. The van der Waals surface area contributed by atoms with Gasteiger partial charge in [0.15, 0.2) is 22.5 Å². The number of nitrogens with zero attached hydrogens (tertiary/aromatic N) is 1. The van der Waals surface area contributed by atoms with Crippen LogP contribution in [0.3, 0.4) is 0 Å². The Labute approximate surface area is 172 Å². The van der Waals surface area contributed by atoms with Crippen LogP contribution >= 0.6 is 0 Å². The number of ether oxygens (including phenoxy) is 1. The van der Waals surface area contributed by atoms with Crippen LogP contribution in [-0.4, -0.2) is 50.6 Å². The van der Waals surface area contributed by atoms with E-state index in [4.69, 9.17) is 9.15 Å². The first kappa shape index (κ1) is 20.1. The van der Waals surface area contributed by atoms with Crippen molar-refractivity contribution >= 4 is 11.0 Å². The van der Waals surface area contributed by atoms with Gasteiger partial charge in [-0.25, -0.2) is 0 Å². The molecule has 3 aromatic rings. The average Bonchev–Trinajstić information content (AvgIpc) is 2.68. The van der Waals surface area contributed by atoms with Crippen LogP contribution in [0.1, 0.15) is 19.4 Å². The zero-order valence-electron chi connectivity index (χ0n) is 16.6. The van der Waals surface area contributed by atoms with Gasteiger partial charge in [-0.1, -0.05) is 0 Å². The first-order valence-electron chi connectivity index (χ1n) is 9.63. The van der Waals surface area contributed by atoms with Crippen LogP contribution in [0.25, 0.3) is 22.3 Å². The molecule has 4 N–H and O–H groups in total. The number of aromatic hydroxyl groups is 4. The van der Waals surface area contributed by atoms with Gasteiger partial charge in [0, 0.05) is 36.3 Å². The third kappa shape index (κ3) is 3.44. The minimum absolute atomic E-state index is 0.0249. The maximum Gasteiger partial charge on any atom is 0.197 e. The van der Waals surface area contributed by atoms with Gasteiger partial charge in [-0.05, 0) is 32.0 Å². The molecule has 0 aliphatic carbocycles. The normalized spacial score (nSPS) is 19.9. The monoisotopic (exact) mass is 413 g/mol. The summed E-state index contributed by atoms with van der Waals surface area (Å²) >= 11 is 0. The molecule has 1 aliphatic heterocycles. The maximum atomic E-state index is 12.8. The Morgan fingerprint density at radius 3 is 2.30 bits per heavy atom. The van der Waals surface area contributed by atoms with Crippen LogP contribution in [0.2, 0.25) is 0 Å². The Balaban J connectivity index is 1.90. The van der Waals surface area contributed by atoms with Crippen molar-refractivity contribution in [2.45, 2.75) is 32.5 Å². The minimum atomic E-state index is -0.486. The highest BCUT2D eigenvalue weighted by atomic mass is 16.5. The molecule has 158 valence electrons. The average molecular weight is 413 g/mol. The summed E-state index contributed by atoms with van der Waals surface area (Å²) in [5.74, 6) is -1.07. The van der Waals surface area contributed by atoms with Crippen molar-refractivity contribution in [3.05, 3.63) is 46.1 Å². The Bertz CT molecular complexity index is 1160. The predicted octanol–water partition coefficient (Wildman–Crippen LogP) is 2.89. The van der Waals surface area contributed by atoms with Gasteiger partial charge in [-0.15, -0.1) is 0 Å². The molecule has 0 amide bonds. The highest BCUT2D eigenvalue weighted by Gasteiger charge is 2.28. The quantitative estimate of drug-likeness (QED) is 0.483. The zero-order chi connectivity index (χ0) is 21.6. The van der Waals surface area contributed by atoms with E-state index in [2.05, 4.69) is 4.90 Å². The van der Waals surface area contributed by atoms with Gasteiger partial charge in [0.1, 0.15) is 22.6 Å². The van der Waals surface area contributed by atoms with Crippen molar-refractivity contribution in [1.82, 2.24) is 4.90 Å². The molecule has 0 spiro atoms. The fourth-order valence-corrected chi connectivity index (χ4v) is 3.85. The number of hydrogen-bond donors (Lipinski definition) is 4. The molecular formula is C22H23NO7. The lowest BCUT2D eigenvalue weighted by Gasteiger charge is -2.38. The predicted molar refractivity (Wildman–Crippen MR) is 110 cm³/mol. The number of fused-ring (bicyclic) bond motifs is 1. The van der Waals surface area contributed by atoms with E-state index in [9.17, 15) is 25.2 Å². The smallest absolute Gasteiger partial charge is 0.197 e. The van der Waals surface area contributed by atoms with Gasteiger partial charge in [-0.2, -0.15) is 0 Å². The van der Waals surface area contributed by atoms with Crippen molar-refractivity contribution in [3.63, 3.8) is 0 Å². The molecule has 1 aliphatic rings. The fourth-order valence-electron chi connectivity index (χ4n) is 3.85. The highest BCUT2D eigenvalue weighted by molar-refractivity contribution is 5.89. The number of phenols is 4. The largest absolute Gasteiger partial charge is 0.507 e. The third-order valence-corrected chi connectivity index (χ3v) is 5.51. The van der Waals surface area contributed by atoms with Gasteiger partial charge in [0.25, 0.3) is 0 Å². The molecule has 2 heterocycles. The molecule has 2 atom stereocenters. The van der Waals surface area contributed by atoms with Gasteiger partial charge < -0.3 is 29.6 Å². The number of hydrogen-bond acceptors (Lipinski definition) is 8. The van der Waals surface area contributed by atoms with Crippen molar-refractivity contribution in [2.75, 3.05) is 13.2 Å². The molecule has 8 nitrogen and oxygen atoms in total. The second-order valence-electron chi connectivity index (χ2n) is 7.68. The topological polar surface area (TPSA) is 124 Å². The lowest BCUT2D eigenvalue weighted by atomic mass is 10.0. The maximum absolute atomic E-state index is 12.8. The second-order valence-corrected chi connectivity index (χ2v) is 7.68. The summed E-state index contributed by atoms with van der Waals surface area (Å²) in [6.45, 7) is 5.40. The van der Waals surface area contributed by atoms with E-state index in [0.29, 0.717) is 30.9 Å². The summed E-state index contributed by atoms with van der Waals surface area (Å²) < 4.78 is 11.5. The summed E-state index contributed by atoms with van der Waals surface area (Å²) in [5.41, 5.74) is 0.339. The molecule has 2 aromatic carbocycles. The van der Waals surface area contributed by atoms with E-state index in [1.165, 1.54) is 24.3 Å². The number of phenolic OH excluding ortho intramolecular Hbond substituents is 4. The van der Waals surface area contributed by atoms with Crippen LogP contribution in [0.5, 0.6) is 23.0 Å². The first-order valence-corrected chi connectivity index (χ1v) is 9.63. The Hall–Kier alpha value is -3.23. The van der Waals surface area contributed by atoms with Crippen LogP contribution in [0.15, 0.2) is 39.5 Å². The molecule has 30 heavy (non-hydrogen) atoms. The van der Waals surface area contributed by atoms with E-state index in [-0.39, 0.29) is 51.8 Å². The van der Waals surface area contributed by atoms with Crippen molar-refractivity contribution in [1.29, 1.82) is 0 Å². The third-order valence-electron chi connectivity index (χ3n) is 5.51. The van der Waals surface area contributed by atoms with E-state index in [1.54, 1.807) is 0 Å². The van der Waals surface area contributed by atoms with Gasteiger partial charge in [-0.3, -0.25) is 9.69 Å². The van der Waals surface area contributed by atoms with Crippen molar-refractivity contribution in [2.24, 2.45) is 0 Å². The SMILES string of the molecule is C[C@@H]1COC[C@H](C)N1Cc1c(O)cc(O)c2c(=O)cc(-c3ccc(O)c(O)c3)oc12. The molecule has 1 aromatic heterocycles. The van der Waals surface area contributed by atoms with Crippen LogP contribution < -0.4 is 5.43 Å². The van der Waals surface area contributed by atoms with Crippen LogP contribution in [0, 0.1) is 0 Å². The Morgan fingerprint density at radius 2 is 1.63 bits per heavy atom. The molecule has 0 radical (unpaired) electrons. The lowest BCUT2D eigenvalue weighted by Crippen LogP contribution is -2.48. The lowest BCUT2D eigenvalue weighted by molar-refractivity contribution is -0.0411. The summed E-state index contributed by atoms with van der Waals surface area (Å²) in [5, 5.41) is 40.2. The number of benzene rings is 2. The van der Waals surface area contributed by atoms with Crippen LogP contribution in [0.4, 0.5) is 0 Å². The molecular weight excluding hydrogens is 390 g/mol. The second kappa shape index (κ2) is 7.55. The molecule has 0 saturated carbocycles.